The van der Waals surface area contributed by atoms with E-state index in [2.05, 4.69) is 21.0 Å². The number of nitriles is 1. The van der Waals surface area contributed by atoms with Crippen molar-refractivity contribution in [1.29, 1.82) is 5.26 Å². The Balaban J connectivity index is 2.25. The van der Waals surface area contributed by atoms with Crippen LogP contribution in [0.5, 0.6) is 5.75 Å². The van der Waals surface area contributed by atoms with Crippen molar-refractivity contribution in [3.05, 3.63) is 46.6 Å². The summed E-state index contributed by atoms with van der Waals surface area (Å²) in [7, 11) is 1.69. The Hall–Kier alpha value is -2.82. The van der Waals surface area contributed by atoms with Crippen LogP contribution in [-0.2, 0) is 6.54 Å². The lowest BCUT2D eigenvalue weighted by atomic mass is 10.1. The first-order chi connectivity index (χ1) is 11.2. The predicted molar refractivity (Wildman–Crippen MR) is 81.5 cm³/mol. The van der Waals surface area contributed by atoms with Crippen LogP contribution in [0.1, 0.15) is 22.4 Å². The molecule has 1 aromatic carbocycles. The van der Waals surface area contributed by atoms with Gasteiger partial charge in [-0.2, -0.15) is 10.4 Å². The Labute approximate surface area is 137 Å². The van der Waals surface area contributed by atoms with Gasteiger partial charge in [0.1, 0.15) is 17.4 Å². The number of benzene rings is 1. The number of aryl methyl sites for hydroxylation is 1. The lowest BCUT2D eigenvalue weighted by molar-refractivity contribution is -0.274. The summed E-state index contributed by atoms with van der Waals surface area (Å²) in [5.41, 5.74) is 2.36. The molecule has 0 fully saturated rings. The molecule has 0 atom stereocenters. The van der Waals surface area contributed by atoms with Gasteiger partial charge in [0.25, 0.3) is 0 Å². The Bertz CT molecular complexity index is 784. The number of halogens is 3. The van der Waals surface area contributed by atoms with E-state index in [-0.39, 0.29) is 12.3 Å². The van der Waals surface area contributed by atoms with Crippen molar-refractivity contribution in [2.75, 3.05) is 11.9 Å². The Morgan fingerprint density at radius 3 is 2.58 bits per heavy atom. The second-order valence-corrected chi connectivity index (χ2v) is 5.27. The third-order valence-electron chi connectivity index (χ3n) is 3.46. The van der Waals surface area contributed by atoms with E-state index in [0.717, 1.165) is 5.56 Å². The Morgan fingerprint density at radius 2 is 1.96 bits per heavy atom. The van der Waals surface area contributed by atoms with Gasteiger partial charge in [0.15, 0.2) is 5.82 Å². The van der Waals surface area contributed by atoms with Crippen molar-refractivity contribution < 1.29 is 17.9 Å². The maximum Gasteiger partial charge on any atom is 0.573 e. The molecule has 0 saturated heterocycles. The number of anilines is 1. The molecule has 0 aliphatic carbocycles. The molecule has 0 bridgehead atoms. The van der Waals surface area contributed by atoms with Crippen LogP contribution < -0.4 is 9.64 Å². The fourth-order valence-corrected chi connectivity index (χ4v) is 2.19. The topological polar surface area (TPSA) is 62.0 Å². The molecule has 0 amide bonds. The zero-order chi connectivity index (χ0) is 17.9. The molecule has 0 saturated carbocycles. The molecule has 8 heteroatoms. The van der Waals surface area contributed by atoms with Gasteiger partial charge in [-0.15, -0.1) is 18.3 Å². The van der Waals surface area contributed by atoms with E-state index in [1.54, 1.807) is 31.9 Å². The molecular formula is C16H15F3N4O. The van der Waals surface area contributed by atoms with Crippen molar-refractivity contribution in [1.82, 2.24) is 10.2 Å². The molecule has 0 radical (unpaired) electrons. The van der Waals surface area contributed by atoms with Crippen LogP contribution >= 0.6 is 0 Å². The number of ether oxygens (including phenoxy) is 1. The second kappa shape index (κ2) is 6.74. The van der Waals surface area contributed by atoms with Gasteiger partial charge in [0.2, 0.25) is 0 Å². The van der Waals surface area contributed by atoms with Crippen molar-refractivity contribution in [2.24, 2.45) is 0 Å². The molecule has 0 N–H and O–H groups in total. The number of nitrogens with zero attached hydrogens (tertiary/aromatic N) is 4. The summed E-state index contributed by atoms with van der Waals surface area (Å²) in [6.45, 7) is 3.78. The van der Waals surface area contributed by atoms with Crippen molar-refractivity contribution in [3.8, 4) is 11.8 Å². The highest BCUT2D eigenvalue weighted by molar-refractivity contribution is 5.57. The van der Waals surface area contributed by atoms with Gasteiger partial charge in [0, 0.05) is 13.6 Å². The number of aromatic nitrogens is 2. The van der Waals surface area contributed by atoms with Crippen molar-refractivity contribution in [3.63, 3.8) is 0 Å². The van der Waals surface area contributed by atoms with Gasteiger partial charge in [-0.25, -0.2) is 0 Å². The van der Waals surface area contributed by atoms with Crippen LogP contribution in [0.2, 0.25) is 0 Å². The van der Waals surface area contributed by atoms with Crippen LogP contribution in [0.15, 0.2) is 24.3 Å². The first-order valence-electron chi connectivity index (χ1n) is 7.01. The van der Waals surface area contributed by atoms with Crippen LogP contribution in [0.3, 0.4) is 0 Å². The fourth-order valence-electron chi connectivity index (χ4n) is 2.19. The quantitative estimate of drug-likeness (QED) is 0.855. The average molecular weight is 336 g/mol. The molecule has 2 rings (SSSR count). The van der Waals surface area contributed by atoms with Gasteiger partial charge >= 0.3 is 6.36 Å². The van der Waals surface area contributed by atoms with Crippen molar-refractivity contribution in [2.45, 2.75) is 26.8 Å². The van der Waals surface area contributed by atoms with Gasteiger partial charge in [-0.1, -0.05) is 12.1 Å². The predicted octanol–water partition coefficient (Wildman–Crippen LogP) is 3.50. The number of hydrogen-bond acceptors (Lipinski definition) is 5. The number of hydrogen-bond donors (Lipinski definition) is 0. The lowest BCUT2D eigenvalue weighted by Crippen LogP contribution is -2.21. The van der Waals surface area contributed by atoms with E-state index in [1.165, 1.54) is 18.2 Å². The van der Waals surface area contributed by atoms with Gasteiger partial charge in [0.05, 0.1) is 5.69 Å². The zero-order valence-electron chi connectivity index (χ0n) is 13.3. The van der Waals surface area contributed by atoms with E-state index in [9.17, 15) is 18.4 Å². The number of rotatable bonds is 4. The normalized spacial score (nSPS) is 11.0. The molecular weight excluding hydrogens is 321 g/mol. The largest absolute Gasteiger partial charge is 0.573 e. The van der Waals surface area contributed by atoms with E-state index < -0.39 is 6.36 Å². The molecule has 0 unspecified atom stereocenters. The third kappa shape index (κ3) is 4.13. The minimum Gasteiger partial charge on any atom is -0.406 e. The van der Waals surface area contributed by atoms with Crippen LogP contribution in [0.25, 0.3) is 0 Å². The molecule has 1 heterocycles. The van der Waals surface area contributed by atoms with E-state index in [1.807, 2.05) is 0 Å². The summed E-state index contributed by atoms with van der Waals surface area (Å²) in [4.78, 5) is 1.66. The second-order valence-electron chi connectivity index (χ2n) is 5.27. The van der Waals surface area contributed by atoms with Crippen LogP contribution in [-0.4, -0.2) is 23.6 Å². The summed E-state index contributed by atoms with van der Waals surface area (Å²) in [5, 5.41) is 17.4. The van der Waals surface area contributed by atoms with Crippen LogP contribution in [0, 0.1) is 25.2 Å². The van der Waals surface area contributed by atoms with Crippen LogP contribution in [0.4, 0.5) is 19.0 Å². The first-order valence-corrected chi connectivity index (χ1v) is 7.01. The summed E-state index contributed by atoms with van der Waals surface area (Å²) in [6, 6.07) is 7.76. The van der Waals surface area contributed by atoms with Crippen molar-refractivity contribution >= 4 is 5.82 Å². The van der Waals surface area contributed by atoms with Gasteiger partial charge < -0.3 is 9.64 Å². The third-order valence-corrected chi connectivity index (χ3v) is 3.46. The smallest absolute Gasteiger partial charge is 0.406 e. The standard InChI is InChI=1S/C16H15F3N4O/c1-10-11(2)21-22-15(14(10)8-20)23(3)9-12-5-4-6-13(7-12)24-16(17,18)19/h4-7H,9H2,1-3H3. The highest BCUT2D eigenvalue weighted by atomic mass is 19.4. The molecule has 0 aliphatic rings. The summed E-state index contributed by atoms with van der Waals surface area (Å²) in [5.74, 6) is 0.0859. The molecule has 1 aromatic heterocycles. The van der Waals surface area contributed by atoms with Gasteiger partial charge in [-0.3, -0.25) is 0 Å². The Morgan fingerprint density at radius 1 is 1.25 bits per heavy atom. The molecule has 0 spiro atoms. The first kappa shape index (κ1) is 17.5. The molecule has 24 heavy (non-hydrogen) atoms. The molecule has 2 aromatic rings. The highest BCUT2D eigenvalue weighted by Crippen LogP contribution is 2.25. The Kier molecular flexibility index (Phi) is 4.93. The minimum absolute atomic E-state index is 0.251. The lowest BCUT2D eigenvalue weighted by Gasteiger charge is -2.20. The zero-order valence-corrected chi connectivity index (χ0v) is 13.3. The fraction of sp³-hybridized carbons (Fsp3) is 0.312. The monoisotopic (exact) mass is 336 g/mol. The summed E-state index contributed by atoms with van der Waals surface area (Å²) < 4.78 is 40.8. The van der Waals surface area contributed by atoms with E-state index in [4.69, 9.17) is 0 Å². The molecule has 126 valence electrons. The summed E-state index contributed by atoms with van der Waals surface area (Å²) >= 11 is 0. The maximum absolute atomic E-state index is 12.3. The van der Waals surface area contributed by atoms with E-state index >= 15 is 0 Å². The molecule has 5 nitrogen and oxygen atoms in total. The van der Waals surface area contributed by atoms with Gasteiger partial charge in [-0.05, 0) is 37.1 Å². The van der Waals surface area contributed by atoms with E-state index in [0.29, 0.717) is 22.6 Å². The number of alkyl halides is 3. The minimum atomic E-state index is -4.74. The maximum atomic E-state index is 12.3. The summed E-state index contributed by atoms with van der Waals surface area (Å²) in [6.07, 6.45) is -4.74. The average Bonchev–Trinajstić information content (AvgIpc) is 2.48. The SMILES string of the molecule is Cc1nnc(N(C)Cc2cccc(OC(F)(F)F)c2)c(C#N)c1C. The highest BCUT2D eigenvalue weighted by Gasteiger charge is 2.31. The molecule has 0 aliphatic heterocycles.